The van der Waals surface area contributed by atoms with Crippen LogP contribution in [-0.2, 0) is 15.1 Å². The second kappa shape index (κ2) is 10.9. The van der Waals surface area contributed by atoms with Crippen molar-refractivity contribution in [1.82, 2.24) is 5.32 Å². The summed E-state index contributed by atoms with van der Waals surface area (Å²) >= 11 is 0. The van der Waals surface area contributed by atoms with Gasteiger partial charge in [0.05, 0.1) is 12.6 Å². The average molecular weight is 474 g/mol. The Labute approximate surface area is 203 Å². The molecule has 0 fully saturated rings. The van der Waals surface area contributed by atoms with Crippen LogP contribution in [-0.4, -0.2) is 25.7 Å². The van der Waals surface area contributed by atoms with Gasteiger partial charge < -0.3 is 9.47 Å². The lowest BCUT2D eigenvalue weighted by Gasteiger charge is -2.39. The van der Waals surface area contributed by atoms with Gasteiger partial charge in [0.2, 0.25) is 0 Å². The Balaban J connectivity index is 1.80. The first-order valence-corrected chi connectivity index (χ1v) is 11.1. The molecule has 0 bridgehead atoms. The summed E-state index contributed by atoms with van der Waals surface area (Å²) in [6.07, 6.45) is 0. The number of carbonyl (C=O) groups excluding carboxylic acids is 1. The second-order valence-electron chi connectivity index (χ2n) is 7.96. The van der Waals surface area contributed by atoms with Gasteiger partial charge in [-0.3, -0.25) is 10.1 Å². The van der Waals surface area contributed by atoms with E-state index in [-0.39, 0.29) is 12.4 Å². The number of esters is 1. The van der Waals surface area contributed by atoms with Gasteiger partial charge in [-0.2, -0.15) is 0 Å². The van der Waals surface area contributed by atoms with Crippen molar-refractivity contribution < 1.29 is 23.0 Å². The summed E-state index contributed by atoms with van der Waals surface area (Å²) in [5, 5.41) is 3.50. The summed E-state index contributed by atoms with van der Waals surface area (Å²) in [5.74, 6) is -2.46. The van der Waals surface area contributed by atoms with Gasteiger partial charge in [-0.05, 0) is 28.8 Å². The van der Waals surface area contributed by atoms with E-state index in [9.17, 15) is 13.6 Å². The topological polar surface area (TPSA) is 47.6 Å². The summed E-state index contributed by atoms with van der Waals surface area (Å²) in [6.45, 7) is -0.175. The van der Waals surface area contributed by atoms with E-state index < -0.39 is 29.2 Å². The molecule has 0 saturated carbocycles. The zero-order valence-corrected chi connectivity index (χ0v) is 19.2. The summed E-state index contributed by atoms with van der Waals surface area (Å²) in [6, 6.07) is 31.6. The molecule has 0 saturated heterocycles. The lowest BCUT2D eigenvalue weighted by atomic mass is 9.76. The van der Waals surface area contributed by atoms with Gasteiger partial charge in [0, 0.05) is 6.07 Å². The van der Waals surface area contributed by atoms with Crippen LogP contribution < -0.4 is 10.1 Å². The molecule has 4 nitrogen and oxygen atoms in total. The largest absolute Gasteiger partial charge is 0.491 e. The van der Waals surface area contributed by atoms with Crippen LogP contribution in [0.5, 0.6) is 5.75 Å². The normalized spacial score (nSPS) is 12.1. The summed E-state index contributed by atoms with van der Waals surface area (Å²) in [5.41, 5.74) is 1.76. The van der Waals surface area contributed by atoms with Crippen molar-refractivity contribution in [2.75, 3.05) is 13.7 Å². The van der Waals surface area contributed by atoms with Gasteiger partial charge in [-0.15, -0.1) is 0 Å². The highest BCUT2D eigenvalue weighted by Crippen LogP contribution is 2.37. The van der Waals surface area contributed by atoms with E-state index in [1.165, 1.54) is 13.2 Å². The Bertz CT molecular complexity index is 1150. The molecule has 4 aromatic rings. The van der Waals surface area contributed by atoms with E-state index in [0.29, 0.717) is 0 Å². The molecule has 0 aromatic heterocycles. The van der Waals surface area contributed by atoms with E-state index in [4.69, 9.17) is 9.47 Å². The number of hydrogen-bond donors (Lipinski definition) is 1. The Hall–Kier alpha value is -4.03. The number of nitrogens with one attached hydrogen (secondary N) is 1. The number of carbonyl (C=O) groups is 1. The van der Waals surface area contributed by atoms with E-state index in [1.807, 2.05) is 91.0 Å². The van der Waals surface area contributed by atoms with Gasteiger partial charge >= 0.3 is 5.97 Å². The molecular formula is C29H25F2NO3. The van der Waals surface area contributed by atoms with Crippen LogP contribution in [0, 0.1) is 11.6 Å². The molecule has 0 aliphatic carbocycles. The van der Waals surface area contributed by atoms with Crippen molar-refractivity contribution in [3.05, 3.63) is 138 Å². The van der Waals surface area contributed by atoms with Gasteiger partial charge in [0.15, 0.2) is 11.6 Å². The maximum Gasteiger partial charge on any atom is 0.326 e. The van der Waals surface area contributed by atoms with Crippen LogP contribution >= 0.6 is 0 Å². The number of halogens is 2. The van der Waals surface area contributed by atoms with E-state index in [1.54, 1.807) is 0 Å². The lowest BCUT2D eigenvalue weighted by molar-refractivity contribution is -0.144. The Kier molecular flexibility index (Phi) is 7.53. The van der Waals surface area contributed by atoms with Gasteiger partial charge in [-0.1, -0.05) is 91.0 Å². The van der Waals surface area contributed by atoms with Crippen LogP contribution in [0.25, 0.3) is 0 Å². The van der Waals surface area contributed by atoms with Gasteiger partial charge in [0.25, 0.3) is 0 Å². The smallest absolute Gasteiger partial charge is 0.326 e. The zero-order chi connectivity index (χ0) is 24.7. The molecule has 0 amide bonds. The standard InChI is InChI=1S/C29H25F2NO3/c1-34-28(33)27(20-35-24-17-18-25(30)26(31)19-24)32-29(21-11-5-2-6-12-21,22-13-7-3-8-14-22)23-15-9-4-10-16-23/h2-19,27,32H,20H2,1H3. The molecule has 178 valence electrons. The van der Waals surface area contributed by atoms with Crippen molar-refractivity contribution in [3.63, 3.8) is 0 Å². The molecule has 1 atom stereocenters. The average Bonchev–Trinajstić information content (AvgIpc) is 2.92. The Morgan fingerprint density at radius 3 is 1.69 bits per heavy atom. The lowest BCUT2D eigenvalue weighted by Crippen LogP contribution is -2.55. The highest BCUT2D eigenvalue weighted by molar-refractivity contribution is 5.76. The molecule has 0 aliphatic rings. The van der Waals surface area contributed by atoms with Gasteiger partial charge in [-0.25, -0.2) is 8.78 Å². The second-order valence-corrected chi connectivity index (χ2v) is 7.96. The zero-order valence-electron chi connectivity index (χ0n) is 19.2. The predicted octanol–water partition coefficient (Wildman–Crippen LogP) is 5.47. The molecule has 6 heteroatoms. The summed E-state index contributed by atoms with van der Waals surface area (Å²) < 4.78 is 37.8. The molecule has 4 aromatic carbocycles. The Morgan fingerprint density at radius 2 is 1.26 bits per heavy atom. The first-order valence-electron chi connectivity index (χ1n) is 11.1. The number of methoxy groups -OCH3 is 1. The highest BCUT2D eigenvalue weighted by atomic mass is 19.2. The third-order valence-electron chi connectivity index (χ3n) is 5.80. The number of rotatable bonds is 9. The SMILES string of the molecule is COC(=O)C(COc1ccc(F)c(F)c1)NC(c1ccccc1)(c1ccccc1)c1ccccc1. The molecular weight excluding hydrogens is 448 g/mol. The minimum Gasteiger partial charge on any atom is -0.491 e. The first-order chi connectivity index (χ1) is 17.0. The van der Waals surface area contributed by atoms with Crippen molar-refractivity contribution in [1.29, 1.82) is 0 Å². The predicted molar refractivity (Wildman–Crippen MR) is 130 cm³/mol. The number of ether oxygens (including phenoxy) is 2. The van der Waals surface area contributed by atoms with E-state index in [2.05, 4.69) is 5.32 Å². The maximum atomic E-state index is 13.7. The molecule has 0 spiro atoms. The Morgan fingerprint density at radius 1 is 0.771 bits per heavy atom. The van der Waals surface area contributed by atoms with Crippen LogP contribution in [0.3, 0.4) is 0 Å². The molecule has 1 unspecified atom stereocenters. The van der Waals surface area contributed by atoms with Crippen LogP contribution in [0.4, 0.5) is 8.78 Å². The maximum absolute atomic E-state index is 13.7. The number of hydrogen-bond acceptors (Lipinski definition) is 4. The quantitative estimate of drug-likeness (QED) is 0.259. The summed E-state index contributed by atoms with van der Waals surface area (Å²) in [7, 11) is 1.30. The van der Waals surface area contributed by atoms with Crippen molar-refractivity contribution in [2.24, 2.45) is 0 Å². The molecule has 35 heavy (non-hydrogen) atoms. The highest BCUT2D eigenvalue weighted by Gasteiger charge is 2.40. The fourth-order valence-electron chi connectivity index (χ4n) is 4.13. The van der Waals surface area contributed by atoms with Gasteiger partial charge in [0.1, 0.15) is 18.4 Å². The van der Waals surface area contributed by atoms with Crippen molar-refractivity contribution in [2.45, 2.75) is 11.6 Å². The molecule has 0 heterocycles. The number of benzene rings is 4. The minimum absolute atomic E-state index is 0.101. The monoisotopic (exact) mass is 473 g/mol. The fraction of sp³-hybridized carbons (Fsp3) is 0.138. The third-order valence-corrected chi connectivity index (χ3v) is 5.80. The molecule has 0 aliphatic heterocycles. The molecule has 0 radical (unpaired) electrons. The van der Waals surface area contributed by atoms with Crippen molar-refractivity contribution in [3.8, 4) is 5.75 Å². The van der Waals surface area contributed by atoms with E-state index in [0.717, 1.165) is 28.8 Å². The van der Waals surface area contributed by atoms with Crippen LogP contribution in [0.1, 0.15) is 16.7 Å². The van der Waals surface area contributed by atoms with Crippen LogP contribution in [0.2, 0.25) is 0 Å². The fourth-order valence-corrected chi connectivity index (χ4v) is 4.13. The van der Waals surface area contributed by atoms with E-state index >= 15 is 0 Å². The molecule has 4 rings (SSSR count). The molecule has 1 N–H and O–H groups in total. The minimum atomic E-state index is -1.03. The van der Waals surface area contributed by atoms with Crippen LogP contribution in [0.15, 0.2) is 109 Å². The first kappa shape index (κ1) is 24.1. The van der Waals surface area contributed by atoms with Crippen molar-refractivity contribution >= 4 is 5.97 Å². The summed E-state index contributed by atoms with van der Waals surface area (Å²) in [4.78, 5) is 12.9. The third kappa shape index (κ3) is 5.23.